The van der Waals surface area contributed by atoms with Crippen LogP contribution >= 0.6 is 11.5 Å². The standard InChI is InChI=1S/C38H51N3O3SSi/c1-27-23-32(18-21-35(27)43-5)30-14-11-29(12-15-30)25-41(33-10-8-9-28(24-33)13-22-36-39-26-40-45-36)37(42)31-16-19-34(20-17-31)44-46(6,7)38(2,3)4/h8-10,18,21,23-24,26,29-31,34H,11-12,14-17,19-20,25H2,1-7H3/t29-,30-,31-,34-. The largest absolute Gasteiger partial charge is 0.496 e. The highest BCUT2D eigenvalue weighted by molar-refractivity contribution is 7.05. The molecule has 1 amide bonds. The van der Waals surface area contributed by atoms with Crippen molar-refractivity contribution >= 4 is 31.4 Å². The summed E-state index contributed by atoms with van der Waals surface area (Å²) in [5, 5.41) is 0.880. The van der Waals surface area contributed by atoms with Gasteiger partial charge in [0.15, 0.2) is 13.3 Å². The highest BCUT2D eigenvalue weighted by Gasteiger charge is 2.41. The first-order valence-electron chi connectivity index (χ1n) is 17.0. The van der Waals surface area contributed by atoms with Crippen LogP contribution < -0.4 is 9.64 Å². The summed E-state index contributed by atoms with van der Waals surface area (Å²) >= 11 is 1.29. The van der Waals surface area contributed by atoms with Gasteiger partial charge < -0.3 is 14.1 Å². The SMILES string of the molecule is COc1ccc([C@H]2CC[C@H](CN(c3cccc(C#Cc4ncns4)c3)C(=O)[C@H]3CC[C@H](O[Si](C)(C)C(C)(C)C)CC3)CC2)cc1C. The fourth-order valence-corrected chi connectivity index (χ4v) is 8.57. The molecule has 2 aromatic carbocycles. The van der Waals surface area contributed by atoms with Gasteiger partial charge in [0.2, 0.25) is 5.91 Å². The van der Waals surface area contributed by atoms with Crippen molar-refractivity contribution in [2.24, 2.45) is 11.8 Å². The maximum absolute atomic E-state index is 14.4. The second-order valence-corrected chi connectivity index (χ2v) is 20.3. The number of carbonyl (C=O) groups excluding carboxylic acids is 1. The normalized spacial score (nSPS) is 22.1. The van der Waals surface area contributed by atoms with Gasteiger partial charge in [-0.1, -0.05) is 44.9 Å². The average molecular weight is 658 g/mol. The number of rotatable bonds is 8. The molecule has 0 saturated heterocycles. The molecule has 2 saturated carbocycles. The van der Waals surface area contributed by atoms with Crippen LogP contribution in [-0.2, 0) is 9.22 Å². The van der Waals surface area contributed by atoms with Crippen molar-refractivity contribution in [2.75, 3.05) is 18.6 Å². The molecule has 0 radical (unpaired) electrons. The summed E-state index contributed by atoms with van der Waals surface area (Å²) in [4.78, 5) is 20.7. The number of amides is 1. The molecule has 246 valence electrons. The summed E-state index contributed by atoms with van der Waals surface area (Å²) in [6.07, 6.45) is 9.98. The second kappa shape index (κ2) is 14.8. The van der Waals surface area contributed by atoms with Crippen molar-refractivity contribution < 1.29 is 14.0 Å². The first kappa shape index (κ1) is 34.3. The molecule has 0 aliphatic heterocycles. The average Bonchev–Trinajstić information content (AvgIpc) is 3.56. The van der Waals surface area contributed by atoms with Crippen LogP contribution in [0.25, 0.3) is 0 Å². The maximum Gasteiger partial charge on any atom is 0.230 e. The molecule has 3 aromatic rings. The smallest absolute Gasteiger partial charge is 0.230 e. The molecular weight excluding hydrogens is 607 g/mol. The van der Waals surface area contributed by atoms with Gasteiger partial charge in [-0.15, -0.1) is 0 Å². The van der Waals surface area contributed by atoms with E-state index >= 15 is 0 Å². The van der Waals surface area contributed by atoms with Crippen LogP contribution in [0.3, 0.4) is 0 Å². The Morgan fingerprint density at radius 3 is 2.37 bits per heavy atom. The monoisotopic (exact) mass is 657 g/mol. The molecule has 6 nitrogen and oxygen atoms in total. The van der Waals surface area contributed by atoms with Crippen LogP contribution in [0.2, 0.25) is 18.1 Å². The lowest BCUT2D eigenvalue weighted by Gasteiger charge is -2.41. The Labute approximate surface area is 281 Å². The summed E-state index contributed by atoms with van der Waals surface area (Å²) in [6.45, 7) is 14.4. The fourth-order valence-electron chi connectivity index (χ4n) is 6.76. The molecule has 2 aliphatic carbocycles. The van der Waals surface area contributed by atoms with E-state index in [2.05, 4.69) is 97.2 Å². The van der Waals surface area contributed by atoms with E-state index in [-0.39, 0.29) is 23.0 Å². The topological polar surface area (TPSA) is 64.5 Å². The van der Waals surface area contributed by atoms with Crippen molar-refractivity contribution in [1.29, 1.82) is 0 Å². The van der Waals surface area contributed by atoms with Gasteiger partial charge in [-0.3, -0.25) is 4.79 Å². The van der Waals surface area contributed by atoms with Crippen molar-refractivity contribution in [3.8, 4) is 17.6 Å². The molecule has 0 atom stereocenters. The number of hydrogen-bond acceptors (Lipinski definition) is 6. The summed E-state index contributed by atoms with van der Waals surface area (Å²) < 4.78 is 16.3. The number of anilines is 1. The maximum atomic E-state index is 14.4. The Kier molecular flexibility index (Phi) is 11.1. The minimum absolute atomic E-state index is 0.0222. The molecule has 0 spiro atoms. The number of benzene rings is 2. The number of ether oxygens (including phenoxy) is 1. The third-order valence-electron chi connectivity index (χ3n) is 10.6. The third-order valence-corrected chi connectivity index (χ3v) is 15.7. The van der Waals surface area contributed by atoms with E-state index in [1.807, 2.05) is 12.1 Å². The van der Waals surface area contributed by atoms with E-state index in [1.54, 1.807) is 7.11 Å². The van der Waals surface area contributed by atoms with Crippen LogP contribution in [0, 0.1) is 30.6 Å². The number of methoxy groups -OCH3 is 1. The Bertz CT molecular complexity index is 1520. The number of aromatic nitrogens is 2. The molecule has 0 unspecified atom stereocenters. The van der Waals surface area contributed by atoms with Crippen LogP contribution in [0.1, 0.15) is 99.8 Å². The molecule has 5 rings (SSSR count). The van der Waals surface area contributed by atoms with Gasteiger partial charge in [0.25, 0.3) is 0 Å². The lowest BCUT2D eigenvalue weighted by molar-refractivity contribution is -0.124. The van der Waals surface area contributed by atoms with Crippen molar-refractivity contribution in [2.45, 2.75) is 109 Å². The lowest BCUT2D eigenvalue weighted by atomic mass is 9.78. The first-order chi connectivity index (χ1) is 21.9. The molecule has 0 bridgehead atoms. The van der Waals surface area contributed by atoms with Crippen molar-refractivity contribution in [3.05, 3.63) is 70.5 Å². The van der Waals surface area contributed by atoms with E-state index in [4.69, 9.17) is 9.16 Å². The predicted molar refractivity (Wildman–Crippen MR) is 191 cm³/mol. The van der Waals surface area contributed by atoms with Crippen molar-refractivity contribution in [3.63, 3.8) is 0 Å². The van der Waals surface area contributed by atoms with Crippen LogP contribution in [0.15, 0.2) is 48.8 Å². The van der Waals surface area contributed by atoms with E-state index in [0.717, 1.165) is 74.9 Å². The molecular formula is C38H51N3O3SSi. The summed E-state index contributed by atoms with van der Waals surface area (Å²) in [6, 6.07) is 14.8. The second-order valence-electron chi connectivity index (χ2n) is 14.8. The summed E-state index contributed by atoms with van der Waals surface area (Å²) in [5.74, 6) is 8.61. The zero-order valence-corrected chi connectivity index (χ0v) is 30.6. The Hall–Kier alpha value is -2.99. The van der Waals surface area contributed by atoms with Gasteiger partial charge in [-0.2, -0.15) is 4.37 Å². The predicted octanol–water partition coefficient (Wildman–Crippen LogP) is 9.14. The Morgan fingerprint density at radius 1 is 1.00 bits per heavy atom. The molecule has 1 heterocycles. The molecule has 8 heteroatoms. The Morgan fingerprint density at radius 2 is 1.74 bits per heavy atom. The first-order valence-corrected chi connectivity index (χ1v) is 20.6. The van der Waals surface area contributed by atoms with Gasteiger partial charge in [-0.05, 0) is 141 Å². The highest BCUT2D eigenvalue weighted by atomic mass is 32.1. The number of carbonyl (C=O) groups is 1. The van der Waals surface area contributed by atoms with Crippen LogP contribution in [0.4, 0.5) is 5.69 Å². The molecule has 46 heavy (non-hydrogen) atoms. The zero-order chi connectivity index (χ0) is 32.9. The molecule has 2 aliphatic rings. The number of aryl methyl sites for hydroxylation is 1. The fraction of sp³-hybridized carbons (Fsp3) is 0.553. The minimum atomic E-state index is -1.84. The van der Waals surface area contributed by atoms with E-state index in [1.165, 1.54) is 29.0 Å². The quantitative estimate of drug-likeness (QED) is 0.179. The summed E-state index contributed by atoms with van der Waals surface area (Å²) in [7, 11) is -0.108. The van der Waals surface area contributed by atoms with E-state index in [9.17, 15) is 4.79 Å². The van der Waals surface area contributed by atoms with Gasteiger partial charge >= 0.3 is 0 Å². The summed E-state index contributed by atoms with van der Waals surface area (Å²) in [5.41, 5.74) is 4.43. The van der Waals surface area contributed by atoms with Gasteiger partial charge in [-0.25, -0.2) is 4.98 Å². The van der Waals surface area contributed by atoms with Gasteiger partial charge in [0, 0.05) is 29.8 Å². The van der Waals surface area contributed by atoms with E-state index in [0.29, 0.717) is 16.8 Å². The number of hydrogen-bond donors (Lipinski definition) is 0. The van der Waals surface area contributed by atoms with Crippen molar-refractivity contribution in [1.82, 2.24) is 9.36 Å². The van der Waals surface area contributed by atoms with Gasteiger partial charge in [0.1, 0.15) is 12.1 Å². The highest BCUT2D eigenvalue weighted by Crippen LogP contribution is 2.41. The molecule has 1 aromatic heterocycles. The lowest BCUT2D eigenvalue weighted by Crippen LogP contribution is -2.46. The third kappa shape index (κ3) is 8.47. The number of nitrogens with zero attached hydrogens (tertiary/aromatic N) is 3. The van der Waals surface area contributed by atoms with Crippen LogP contribution in [0.5, 0.6) is 5.75 Å². The Balaban J connectivity index is 1.30. The molecule has 0 N–H and O–H groups in total. The zero-order valence-electron chi connectivity index (χ0n) is 28.8. The molecule has 2 fully saturated rings. The van der Waals surface area contributed by atoms with Gasteiger partial charge in [0.05, 0.1) is 7.11 Å². The minimum Gasteiger partial charge on any atom is -0.496 e. The van der Waals surface area contributed by atoms with Crippen LogP contribution in [-0.4, -0.2) is 43.3 Å². The van der Waals surface area contributed by atoms with E-state index < -0.39 is 8.32 Å².